The molecule has 0 saturated carbocycles. The second-order valence-corrected chi connectivity index (χ2v) is 0.545. The molecule has 0 fully saturated rings. The molecule has 0 rings (SSSR count). The minimum absolute atomic E-state index is 0.319. The summed E-state index contributed by atoms with van der Waals surface area (Å²) in [5, 5.41) is 0. The van der Waals surface area contributed by atoms with Gasteiger partial charge in [-0.25, -0.2) is 0 Å². The Kier molecular flexibility index (Phi) is 3.03. The molecule has 1 nitrogen and oxygen atoms in total. The van der Waals surface area contributed by atoms with Crippen LogP contribution < -0.4 is 0 Å². The molecular formula is C3H3BN. The summed E-state index contributed by atoms with van der Waals surface area (Å²) in [6, 6.07) is 0. The van der Waals surface area contributed by atoms with Gasteiger partial charge >= 0.3 is 31.4 Å². The molecule has 1 radical (unpaired) electrons. The Morgan fingerprint density at radius 1 is 2.00 bits per heavy atom. The van der Waals surface area contributed by atoms with Gasteiger partial charge in [-0.2, -0.15) is 0 Å². The van der Waals surface area contributed by atoms with Crippen molar-refractivity contribution in [2.75, 3.05) is 6.54 Å². The summed E-state index contributed by atoms with van der Waals surface area (Å²) >= 11 is 0. The third-order valence-electron chi connectivity index (χ3n) is 0.183. The molecular weight excluding hydrogens is 60.9 g/mol. The van der Waals surface area contributed by atoms with Crippen molar-refractivity contribution in [1.29, 1.82) is 0 Å². The van der Waals surface area contributed by atoms with Crippen LogP contribution in [0.5, 0.6) is 0 Å². The van der Waals surface area contributed by atoms with Crippen LogP contribution in [0.25, 0.3) is 0 Å². The molecule has 0 spiro atoms. The van der Waals surface area contributed by atoms with Crippen LogP contribution in [0.2, 0.25) is 0 Å². The van der Waals surface area contributed by atoms with E-state index in [1.165, 1.54) is 0 Å². The third kappa shape index (κ3) is 3.42. The van der Waals surface area contributed by atoms with E-state index in [0.29, 0.717) is 6.54 Å². The first kappa shape index (κ1) is 4.42. The predicted octanol–water partition coefficient (Wildman–Crippen LogP) is -0.0283. The fourth-order valence-electron chi connectivity index (χ4n) is 0.0527. The van der Waals surface area contributed by atoms with Crippen LogP contribution in [-0.2, 0) is 0 Å². The number of hydrogen-bond donors (Lipinski definition) is 0. The molecule has 0 saturated heterocycles. The molecule has 0 amide bonds. The average Bonchev–Trinajstić information content (AvgIpc) is 1.41. The summed E-state index contributed by atoms with van der Waals surface area (Å²) in [7, 11) is 4.62. The maximum absolute atomic E-state index is 4.72. The van der Waals surface area contributed by atoms with Gasteiger partial charge in [0, 0.05) is 0 Å². The molecule has 2 heteroatoms. The van der Waals surface area contributed by atoms with Gasteiger partial charge in [-0.3, -0.25) is 0 Å². The molecule has 23 valence electrons. The first-order chi connectivity index (χ1) is 2.41. The van der Waals surface area contributed by atoms with Gasteiger partial charge in [0.25, 0.3) is 0 Å². The van der Waals surface area contributed by atoms with Crippen molar-refractivity contribution in [1.82, 2.24) is 0 Å². The van der Waals surface area contributed by atoms with E-state index >= 15 is 0 Å². The fourth-order valence-corrected chi connectivity index (χ4v) is 0.0527. The van der Waals surface area contributed by atoms with E-state index in [2.05, 4.69) is 18.5 Å². The number of rotatable bonds is 1. The van der Waals surface area contributed by atoms with Gasteiger partial charge < -0.3 is 0 Å². The molecule has 0 aliphatic carbocycles. The van der Waals surface area contributed by atoms with E-state index in [9.17, 15) is 0 Å². The zero-order valence-corrected chi connectivity index (χ0v) is 2.81. The standard InChI is InChI=1S/C3H3BN/c1-2-3-5-4/h1H,3H2. The molecule has 0 aromatic carbocycles. The molecule has 0 aliphatic rings. The van der Waals surface area contributed by atoms with E-state index in [-0.39, 0.29) is 0 Å². The van der Waals surface area contributed by atoms with E-state index in [4.69, 9.17) is 6.42 Å². The fraction of sp³-hybridized carbons (Fsp3) is 0.333. The van der Waals surface area contributed by atoms with E-state index in [0.717, 1.165) is 0 Å². The van der Waals surface area contributed by atoms with Crippen molar-refractivity contribution in [3.8, 4) is 12.3 Å². The Labute approximate surface area is 32.5 Å². The van der Waals surface area contributed by atoms with Gasteiger partial charge in [-0.05, 0) is 0 Å². The van der Waals surface area contributed by atoms with E-state index in [1.807, 2.05) is 0 Å². The molecule has 5 heavy (non-hydrogen) atoms. The van der Waals surface area contributed by atoms with Gasteiger partial charge in [-0.1, -0.05) is 0 Å². The van der Waals surface area contributed by atoms with Crippen LogP contribution in [-0.4, -0.2) is 14.2 Å². The molecule has 0 N–H and O–H groups in total. The molecule has 0 aromatic heterocycles. The SMILES string of the molecule is [B]=NCC#C. The normalized spacial score (nSPS) is 5.20. The summed E-state index contributed by atoms with van der Waals surface area (Å²) in [5.41, 5.74) is 0. The second-order valence-electron chi connectivity index (χ2n) is 0.545. The molecule has 0 aliphatic heterocycles. The summed E-state index contributed by atoms with van der Waals surface area (Å²) < 4.78 is 0. The quantitative estimate of drug-likeness (QED) is 0.300. The van der Waals surface area contributed by atoms with Crippen molar-refractivity contribution in [2.24, 2.45) is 4.90 Å². The van der Waals surface area contributed by atoms with E-state index < -0.39 is 0 Å². The van der Waals surface area contributed by atoms with Crippen LogP contribution in [0.15, 0.2) is 4.90 Å². The monoisotopic (exact) mass is 64.0 g/mol. The Bertz CT molecular complexity index is 61.8. The number of hydrogen-bond acceptors (Lipinski definition) is 1. The molecule has 0 atom stereocenters. The van der Waals surface area contributed by atoms with Gasteiger partial charge in [0.15, 0.2) is 0 Å². The minimum atomic E-state index is 0.319. The second kappa shape index (κ2) is 3.42. The zero-order valence-electron chi connectivity index (χ0n) is 2.81. The van der Waals surface area contributed by atoms with Crippen molar-refractivity contribution >= 4 is 7.64 Å². The topological polar surface area (TPSA) is 12.4 Å². The van der Waals surface area contributed by atoms with Crippen LogP contribution in [0.3, 0.4) is 0 Å². The van der Waals surface area contributed by atoms with Gasteiger partial charge in [0.05, 0.1) is 0 Å². The Hall–Kier alpha value is -0.575. The Balaban J connectivity index is 2.75. The Morgan fingerprint density at radius 3 is 2.60 bits per heavy atom. The van der Waals surface area contributed by atoms with Crippen molar-refractivity contribution in [3.05, 3.63) is 0 Å². The first-order valence-electron chi connectivity index (χ1n) is 1.22. The number of nitrogens with zero attached hydrogens (tertiary/aromatic N) is 1. The molecule has 0 unspecified atom stereocenters. The van der Waals surface area contributed by atoms with Crippen LogP contribution in [0.4, 0.5) is 0 Å². The summed E-state index contributed by atoms with van der Waals surface area (Å²) in [5.74, 6) is 2.23. The molecule has 0 heterocycles. The molecule has 0 aromatic rings. The average molecular weight is 63.9 g/mol. The van der Waals surface area contributed by atoms with E-state index in [1.54, 1.807) is 0 Å². The van der Waals surface area contributed by atoms with Gasteiger partial charge in [0.2, 0.25) is 0 Å². The third-order valence-corrected chi connectivity index (χ3v) is 0.183. The summed E-state index contributed by atoms with van der Waals surface area (Å²) in [4.78, 5) is 3.12. The van der Waals surface area contributed by atoms with Crippen LogP contribution in [0, 0.1) is 12.3 Å². The van der Waals surface area contributed by atoms with Crippen LogP contribution >= 0.6 is 0 Å². The van der Waals surface area contributed by atoms with Crippen molar-refractivity contribution < 1.29 is 0 Å². The predicted molar refractivity (Wildman–Crippen MR) is 21.9 cm³/mol. The van der Waals surface area contributed by atoms with Crippen LogP contribution in [0.1, 0.15) is 0 Å². The molecule has 0 bridgehead atoms. The summed E-state index contributed by atoms with van der Waals surface area (Å²) in [6.45, 7) is 0.319. The first-order valence-corrected chi connectivity index (χ1v) is 1.22. The number of terminal acetylenes is 1. The van der Waals surface area contributed by atoms with Gasteiger partial charge in [-0.15, -0.1) is 0 Å². The van der Waals surface area contributed by atoms with Gasteiger partial charge in [0.1, 0.15) is 0 Å². The van der Waals surface area contributed by atoms with Crippen molar-refractivity contribution in [3.63, 3.8) is 0 Å². The Morgan fingerprint density at radius 2 is 2.60 bits per heavy atom. The summed E-state index contributed by atoms with van der Waals surface area (Å²) in [6.07, 6.45) is 4.72. The maximum atomic E-state index is 4.72. The zero-order chi connectivity index (χ0) is 4.12. The van der Waals surface area contributed by atoms with Crippen molar-refractivity contribution in [2.45, 2.75) is 0 Å².